The van der Waals surface area contributed by atoms with Gasteiger partial charge in [-0.15, -0.1) is 0 Å². The molecule has 0 saturated heterocycles. The molecule has 2 amide bonds. The van der Waals surface area contributed by atoms with Crippen LogP contribution in [0.4, 0.5) is 0 Å². The molecule has 0 bridgehead atoms. The summed E-state index contributed by atoms with van der Waals surface area (Å²) in [7, 11) is 0. The molecule has 0 fully saturated rings. The highest BCUT2D eigenvalue weighted by atomic mass is 16.2. The Morgan fingerprint density at radius 3 is 1.78 bits per heavy atom. The fourth-order valence-electron chi connectivity index (χ4n) is 5.13. The molecule has 0 radical (unpaired) electrons. The first-order valence-corrected chi connectivity index (χ1v) is 12.4. The van der Waals surface area contributed by atoms with Gasteiger partial charge in [0.05, 0.1) is 12.1 Å². The van der Waals surface area contributed by atoms with E-state index in [1.165, 1.54) is 4.90 Å². The van der Waals surface area contributed by atoms with E-state index in [0.29, 0.717) is 11.1 Å². The van der Waals surface area contributed by atoms with E-state index in [4.69, 9.17) is 0 Å². The third-order valence-electron chi connectivity index (χ3n) is 7.09. The monoisotopic (exact) mass is 479 g/mol. The molecule has 0 unspecified atom stereocenters. The van der Waals surface area contributed by atoms with Crippen LogP contribution in [0, 0.1) is 6.92 Å². The van der Waals surface area contributed by atoms with Crippen molar-refractivity contribution in [3.05, 3.63) is 144 Å². The highest BCUT2D eigenvalue weighted by molar-refractivity contribution is 6.23. The molecular weight excluding hydrogens is 454 g/mol. The first-order chi connectivity index (χ1) is 18.1. The van der Waals surface area contributed by atoms with Gasteiger partial charge in [-0.25, -0.2) is 0 Å². The maximum atomic E-state index is 14.5. The molecule has 0 aliphatic rings. The topological polar surface area (TPSA) is 37.4 Å². The lowest BCUT2D eigenvalue weighted by Crippen LogP contribution is -2.37. The molecule has 6 aromatic rings. The summed E-state index contributed by atoms with van der Waals surface area (Å²) in [6, 6.07) is 39.2. The maximum absolute atomic E-state index is 14.5. The fourth-order valence-corrected chi connectivity index (χ4v) is 5.13. The maximum Gasteiger partial charge on any atom is 0.262 e. The smallest absolute Gasteiger partial charge is 0.262 e. The first-order valence-electron chi connectivity index (χ1n) is 12.4. The molecule has 6 rings (SSSR count). The van der Waals surface area contributed by atoms with Gasteiger partial charge in [-0.2, -0.15) is 0 Å². The summed E-state index contributed by atoms with van der Waals surface area (Å²) in [6.45, 7) is 2.19. The number of aryl methyl sites for hydroxylation is 1. The zero-order valence-electron chi connectivity index (χ0n) is 20.5. The molecule has 0 aliphatic carbocycles. The number of rotatable bonds is 4. The van der Waals surface area contributed by atoms with Crippen LogP contribution in [0.15, 0.2) is 121 Å². The summed E-state index contributed by atoms with van der Waals surface area (Å²) in [5, 5.41) is 5.42. The molecule has 6 aromatic carbocycles. The Kier molecular flexibility index (Phi) is 5.74. The molecule has 0 aliphatic heterocycles. The average Bonchev–Trinajstić information content (AvgIpc) is 2.94. The van der Waals surface area contributed by atoms with Crippen LogP contribution >= 0.6 is 0 Å². The van der Waals surface area contributed by atoms with Gasteiger partial charge < -0.3 is 0 Å². The lowest BCUT2D eigenvalue weighted by molar-refractivity contribution is 0.0607. The zero-order valence-corrected chi connectivity index (χ0v) is 20.5. The van der Waals surface area contributed by atoms with Crippen LogP contribution in [0.5, 0.6) is 0 Å². The summed E-state index contributed by atoms with van der Waals surface area (Å²) in [5.74, 6) is -0.601. The van der Waals surface area contributed by atoms with E-state index in [9.17, 15) is 9.59 Å². The van der Waals surface area contributed by atoms with Gasteiger partial charge >= 0.3 is 0 Å². The van der Waals surface area contributed by atoms with Crippen molar-refractivity contribution in [1.29, 1.82) is 0 Å². The Hall–Kier alpha value is -4.76. The molecule has 0 heterocycles. The minimum absolute atomic E-state index is 0.186. The van der Waals surface area contributed by atoms with E-state index in [-0.39, 0.29) is 18.4 Å². The summed E-state index contributed by atoms with van der Waals surface area (Å²) in [5.41, 5.74) is 3.04. The van der Waals surface area contributed by atoms with Crippen molar-refractivity contribution in [1.82, 2.24) is 4.90 Å². The van der Waals surface area contributed by atoms with Gasteiger partial charge in [-0.1, -0.05) is 109 Å². The highest BCUT2D eigenvalue weighted by Gasteiger charge is 2.28. The van der Waals surface area contributed by atoms with Crippen LogP contribution in [0.25, 0.3) is 32.3 Å². The molecule has 0 N–H and O–H groups in total. The third-order valence-corrected chi connectivity index (χ3v) is 7.09. The molecular formula is C34H25NO2. The summed E-state index contributed by atoms with van der Waals surface area (Å²) >= 11 is 0. The Morgan fingerprint density at radius 1 is 0.568 bits per heavy atom. The highest BCUT2D eigenvalue weighted by Crippen LogP contribution is 2.31. The molecule has 3 heteroatoms. The van der Waals surface area contributed by atoms with Gasteiger partial charge in [-0.3, -0.25) is 14.5 Å². The number of carbonyl (C=O) groups excluding carboxylic acids is 2. The summed E-state index contributed by atoms with van der Waals surface area (Å²) in [4.78, 5) is 30.2. The standard InChI is InChI=1S/C34H25NO2/c1-23-11-2-3-15-27(23)22-35(33(36)31-20-10-16-24-12-4-7-17-28(24)31)34(37)32-29-18-8-5-13-25(29)21-26-14-6-9-19-30(26)32/h2-21H,22H2,1H3. The van der Waals surface area contributed by atoms with E-state index < -0.39 is 0 Å². The Balaban J connectivity index is 1.58. The van der Waals surface area contributed by atoms with Crippen molar-refractivity contribution < 1.29 is 9.59 Å². The van der Waals surface area contributed by atoms with E-state index in [1.54, 1.807) is 0 Å². The number of nitrogens with zero attached hydrogens (tertiary/aromatic N) is 1. The van der Waals surface area contributed by atoms with Crippen LogP contribution in [-0.2, 0) is 6.54 Å². The van der Waals surface area contributed by atoms with Gasteiger partial charge in [0.2, 0.25) is 0 Å². The van der Waals surface area contributed by atoms with Crippen LogP contribution in [0.2, 0.25) is 0 Å². The normalized spacial score (nSPS) is 11.2. The third kappa shape index (κ3) is 4.05. The second kappa shape index (κ2) is 9.36. The zero-order chi connectivity index (χ0) is 25.4. The van der Waals surface area contributed by atoms with E-state index in [0.717, 1.165) is 43.4 Å². The second-order valence-electron chi connectivity index (χ2n) is 9.34. The Labute approximate surface area is 215 Å². The lowest BCUT2D eigenvalue weighted by atomic mass is 9.95. The number of benzene rings is 6. The number of fused-ring (bicyclic) bond motifs is 3. The average molecular weight is 480 g/mol. The van der Waals surface area contributed by atoms with Crippen LogP contribution < -0.4 is 0 Å². The predicted molar refractivity (Wildman–Crippen MR) is 151 cm³/mol. The molecule has 0 atom stereocenters. The molecule has 0 aromatic heterocycles. The number of hydrogen-bond acceptors (Lipinski definition) is 2. The largest absolute Gasteiger partial charge is 0.270 e. The number of imide groups is 1. The van der Waals surface area contributed by atoms with Crippen LogP contribution in [0.3, 0.4) is 0 Å². The lowest BCUT2D eigenvalue weighted by Gasteiger charge is -2.24. The molecule has 0 spiro atoms. The van der Waals surface area contributed by atoms with Crippen molar-refractivity contribution in [2.75, 3.05) is 0 Å². The van der Waals surface area contributed by atoms with Crippen LogP contribution in [-0.4, -0.2) is 16.7 Å². The number of hydrogen-bond donors (Lipinski definition) is 0. The van der Waals surface area contributed by atoms with Gasteiger partial charge in [-0.05, 0) is 62.5 Å². The SMILES string of the molecule is Cc1ccccc1CN(C(=O)c1cccc2ccccc12)C(=O)c1c2ccccc2cc2ccccc12. The van der Waals surface area contributed by atoms with Crippen molar-refractivity contribution in [2.45, 2.75) is 13.5 Å². The van der Waals surface area contributed by atoms with E-state index >= 15 is 0 Å². The van der Waals surface area contributed by atoms with E-state index in [1.807, 2.05) is 122 Å². The summed E-state index contributed by atoms with van der Waals surface area (Å²) in [6.07, 6.45) is 0. The predicted octanol–water partition coefficient (Wildman–Crippen LogP) is 7.94. The van der Waals surface area contributed by atoms with Crippen molar-refractivity contribution in [3.63, 3.8) is 0 Å². The van der Waals surface area contributed by atoms with E-state index in [2.05, 4.69) is 6.07 Å². The minimum Gasteiger partial charge on any atom is -0.270 e. The quantitative estimate of drug-likeness (QED) is 0.190. The molecule has 37 heavy (non-hydrogen) atoms. The fraction of sp³-hybridized carbons (Fsp3) is 0.0588. The van der Waals surface area contributed by atoms with Gasteiger partial charge in [0, 0.05) is 5.56 Å². The Bertz CT molecular complexity index is 1760. The minimum atomic E-state index is -0.304. The Morgan fingerprint density at radius 2 is 1.11 bits per heavy atom. The van der Waals surface area contributed by atoms with Gasteiger partial charge in [0.15, 0.2) is 0 Å². The molecule has 0 saturated carbocycles. The number of amides is 2. The van der Waals surface area contributed by atoms with Crippen molar-refractivity contribution in [3.8, 4) is 0 Å². The molecule has 178 valence electrons. The van der Waals surface area contributed by atoms with Crippen molar-refractivity contribution in [2.24, 2.45) is 0 Å². The number of carbonyl (C=O) groups is 2. The second-order valence-corrected chi connectivity index (χ2v) is 9.34. The van der Waals surface area contributed by atoms with Crippen molar-refractivity contribution >= 4 is 44.1 Å². The van der Waals surface area contributed by atoms with Gasteiger partial charge in [0.1, 0.15) is 0 Å². The first kappa shape index (κ1) is 22.7. The molecule has 3 nitrogen and oxygen atoms in total. The summed E-state index contributed by atoms with van der Waals surface area (Å²) < 4.78 is 0. The van der Waals surface area contributed by atoms with Gasteiger partial charge in [0.25, 0.3) is 11.8 Å². The van der Waals surface area contributed by atoms with Crippen LogP contribution in [0.1, 0.15) is 31.8 Å².